The number of amides is 2. The van der Waals surface area contributed by atoms with Gasteiger partial charge in [-0.05, 0) is 54.5 Å². The van der Waals surface area contributed by atoms with Crippen LogP contribution in [0.4, 0.5) is 10.1 Å². The Hall–Kier alpha value is -3.20. The van der Waals surface area contributed by atoms with Crippen LogP contribution in [0.5, 0.6) is 5.75 Å². The van der Waals surface area contributed by atoms with Crippen LogP contribution in [0.1, 0.15) is 24.1 Å². The lowest BCUT2D eigenvalue weighted by atomic mass is 10.1. The number of carbonyl (C=O) groups excluding carboxylic acids is 2. The Balaban J connectivity index is 1.40. The molecule has 1 aliphatic rings. The largest absolute Gasteiger partial charge is 0.484 e. The van der Waals surface area contributed by atoms with E-state index in [0.717, 1.165) is 11.1 Å². The molecule has 1 fully saturated rings. The number of thioether (sulfide) groups is 1. The van der Waals surface area contributed by atoms with Gasteiger partial charge in [0.15, 0.2) is 6.61 Å². The summed E-state index contributed by atoms with van der Waals surface area (Å²) in [6, 6.07) is 20.5. The van der Waals surface area contributed by atoms with Gasteiger partial charge in [-0.1, -0.05) is 78.0 Å². The molecular formula is C26H20ClFN2O3S2. The Morgan fingerprint density at radius 3 is 2.69 bits per heavy atom. The van der Waals surface area contributed by atoms with Crippen LogP contribution >= 0.6 is 35.6 Å². The second-order valence-electron chi connectivity index (χ2n) is 7.68. The zero-order valence-electron chi connectivity index (χ0n) is 18.5. The van der Waals surface area contributed by atoms with Gasteiger partial charge in [0, 0.05) is 5.69 Å². The van der Waals surface area contributed by atoms with E-state index in [0.29, 0.717) is 20.7 Å². The molecule has 5 nitrogen and oxygen atoms in total. The summed E-state index contributed by atoms with van der Waals surface area (Å²) < 4.78 is 19.4. The topological polar surface area (TPSA) is 58.6 Å². The average Bonchev–Trinajstić information content (AvgIpc) is 3.13. The van der Waals surface area contributed by atoms with Gasteiger partial charge in [0.25, 0.3) is 11.8 Å². The molecule has 0 spiro atoms. The van der Waals surface area contributed by atoms with E-state index in [4.69, 9.17) is 28.6 Å². The van der Waals surface area contributed by atoms with Crippen molar-refractivity contribution in [1.82, 2.24) is 4.90 Å². The molecule has 1 saturated heterocycles. The zero-order valence-corrected chi connectivity index (χ0v) is 20.9. The third kappa shape index (κ3) is 6.08. The normalized spacial score (nSPS) is 15.4. The quantitative estimate of drug-likeness (QED) is 0.283. The summed E-state index contributed by atoms with van der Waals surface area (Å²) in [6.45, 7) is 1.69. The highest BCUT2D eigenvalue weighted by molar-refractivity contribution is 8.26. The Labute approximate surface area is 216 Å². The summed E-state index contributed by atoms with van der Waals surface area (Å²) >= 11 is 12.5. The monoisotopic (exact) mass is 526 g/mol. The van der Waals surface area contributed by atoms with E-state index in [1.54, 1.807) is 29.2 Å². The van der Waals surface area contributed by atoms with Crippen LogP contribution in [0.15, 0.2) is 77.7 Å². The summed E-state index contributed by atoms with van der Waals surface area (Å²) in [4.78, 5) is 27.4. The van der Waals surface area contributed by atoms with Gasteiger partial charge in [0.1, 0.15) is 15.9 Å². The molecule has 3 aromatic carbocycles. The van der Waals surface area contributed by atoms with Crippen LogP contribution in [0, 0.1) is 5.82 Å². The van der Waals surface area contributed by atoms with Crippen molar-refractivity contribution in [3.8, 4) is 5.75 Å². The molecular weight excluding hydrogens is 507 g/mol. The minimum Gasteiger partial charge on any atom is -0.484 e. The van der Waals surface area contributed by atoms with Gasteiger partial charge in [-0.2, -0.15) is 0 Å². The van der Waals surface area contributed by atoms with Gasteiger partial charge in [-0.3, -0.25) is 14.5 Å². The molecule has 4 rings (SSSR count). The average molecular weight is 527 g/mol. The zero-order chi connectivity index (χ0) is 24.9. The molecule has 178 valence electrons. The van der Waals surface area contributed by atoms with Crippen molar-refractivity contribution in [2.24, 2.45) is 0 Å². The Bertz CT molecular complexity index is 1320. The second kappa shape index (κ2) is 11.0. The van der Waals surface area contributed by atoms with Crippen LogP contribution in [0.3, 0.4) is 0 Å². The summed E-state index contributed by atoms with van der Waals surface area (Å²) in [6.07, 6.45) is 1.75. The first-order valence-electron chi connectivity index (χ1n) is 10.6. The molecule has 35 heavy (non-hydrogen) atoms. The van der Waals surface area contributed by atoms with Crippen LogP contribution in [0.25, 0.3) is 6.08 Å². The molecule has 2 amide bonds. The first kappa shape index (κ1) is 24.9. The molecule has 1 aliphatic heterocycles. The number of hydrogen-bond acceptors (Lipinski definition) is 5. The van der Waals surface area contributed by atoms with Crippen LogP contribution in [0.2, 0.25) is 5.02 Å². The van der Waals surface area contributed by atoms with E-state index in [-0.39, 0.29) is 23.6 Å². The van der Waals surface area contributed by atoms with Crippen molar-refractivity contribution in [3.05, 3.63) is 99.7 Å². The van der Waals surface area contributed by atoms with E-state index >= 15 is 0 Å². The molecule has 3 aromatic rings. The van der Waals surface area contributed by atoms with Gasteiger partial charge in [0.2, 0.25) is 0 Å². The maximum atomic E-state index is 13.3. The number of benzene rings is 3. The lowest BCUT2D eigenvalue weighted by molar-refractivity contribution is -0.123. The Morgan fingerprint density at radius 2 is 1.94 bits per heavy atom. The third-order valence-electron chi connectivity index (χ3n) is 5.22. The second-order valence-corrected chi connectivity index (χ2v) is 9.76. The first-order chi connectivity index (χ1) is 16.8. The summed E-state index contributed by atoms with van der Waals surface area (Å²) in [5.74, 6) is -0.683. The summed E-state index contributed by atoms with van der Waals surface area (Å²) in [7, 11) is 0. The maximum absolute atomic E-state index is 13.3. The molecule has 0 aromatic heterocycles. The predicted molar refractivity (Wildman–Crippen MR) is 142 cm³/mol. The number of anilines is 1. The molecule has 0 aliphatic carbocycles. The molecule has 9 heteroatoms. The van der Waals surface area contributed by atoms with Gasteiger partial charge in [-0.25, -0.2) is 4.39 Å². The predicted octanol–water partition coefficient (Wildman–Crippen LogP) is 6.46. The van der Waals surface area contributed by atoms with Crippen molar-refractivity contribution < 1.29 is 18.7 Å². The van der Waals surface area contributed by atoms with Crippen molar-refractivity contribution in [1.29, 1.82) is 0 Å². The number of carbonyl (C=O) groups is 2. The fraction of sp³-hybridized carbons (Fsp3) is 0.115. The number of thiocarbonyl (C=S) groups is 1. The molecule has 1 atom stereocenters. The minimum absolute atomic E-state index is 0.0833. The lowest BCUT2D eigenvalue weighted by Gasteiger charge is -2.23. The smallest absolute Gasteiger partial charge is 0.266 e. The third-order valence-corrected chi connectivity index (χ3v) is 6.84. The van der Waals surface area contributed by atoms with Crippen LogP contribution < -0.4 is 10.1 Å². The maximum Gasteiger partial charge on any atom is 0.266 e. The van der Waals surface area contributed by atoms with Gasteiger partial charge in [-0.15, -0.1) is 0 Å². The van der Waals surface area contributed by atoms with Crippen molar-refractivity contribution in [3.63, 3.8) is 0 Å². The number of nitrogens with one attached hydrogen (secondary N) is 1. The molecule has 1 heterocycles. The summed E-state index contributed by atoms with van der Waals surface area (Å²) in [5.41, 5.74) is 2.10. The van der Waals surface area contributed by atoms with E-state index in [2.05, 4.69) is 5.32 Å². The molecule has 1 N–H and O–H groups in total. The Kier molecular flexibility index (Phi) is 7.85. The first-order valence-corrected chi connectivity index (χ1v) is 12.2. The lowest BCUT2D eigenvalue weighted by Crippen LogP contribution is -2.30. The number of halogens is 2. The van der Waals surface area contributed by atoms with Crippen molar-refractivity contribution >= 4 is 63.5 Å². The molecule has 0 saturated carbocycles. The van der Waals surface area contributed by atoms with E-state index in [9.17, 15) is 14.0 Å². The number of rotatable bonds is 7. The minimum atomic E-state index is -0.566. The highest BCUT2D eigenvalue weighted by atomic mass is 35.5. The number of ether oxygens (including phenoxy) is 1. The van der Waals surface area contributed by atoms with Crippen molar-refractivity contribution in [2.45, 2.75) is 13.0 Å². The van der Waals surface area contributed by atoms with E-state index in [1.165, 1.54) is 30.0 Å². The van der Waals surface area contributed by atoms with Crippen molar-refractivity contribution in [2.75, 3.05) is 11.9 Å². The highest BCUT2D eigenvalue weighted by Gasteiger charge is 2.35. The Morgan fingerprint density at radius 1 is 1.17 bits per heavy atom. The standard InChI is InChI=1S/C26H20ClFN2O3S2/c1-16(18-7-3-2-4-8-18)30-25(32)23(35-26(30)34)13-17-6-5-9-20(12-17)33-15-24(31)29-19-10-11-22(28)21(27)14-19/h2-14,16H,15H2,1H3,(H,29,31)/b23-13-/t16-/m0/s1. The fourth-order valence-corrected chi connectivity index (χ4v) is 5.06. The highest BCUT2D eigenvalue weighted by Crippen LogP contribution is 2.38. The van der Waals surface area contributed by atoms with E-state index in [1.807, 2.05) is 43.3 Å². The fourth-order valence-electron chi connectivity index (χ4n) is 3.46. The van der Waals surface area contributed by atoms with Gasteiger partial charge < -0.3 is 10.1 Å². The number of nitrogens with zero attached hydrogens (tertiary/aromatic N) is 1. The number of hydrogen-bond donors (Lipinski definition) is 1. The van der Waals surface area contributed by atoms with E-state index < -0.39 is 11.7 Å². The molecule has 0 radical (unpaired) electrons. The van der Waals surface area contributed by atoms with Gasteiger partial charge in [0.05, 0.1) is 16.0 Å². The molecule has 0 bridgehead atoms. The summed E-state index contributed by atoms with van der Waals surface area (Å²) in [5, 5.41) is 2.51. The van der Waals surface area contributed by atoms with Crippen LogP contribution in [-0.4, -0.2) is 27.6 Å². The SMILES string of the molecule is C[C@@H](c1ccccc1)N1C(=O)/C(=C/c2cccc(OCC(=O)Nc3ccc(F)c(Cl)c3)c2)SC1=S. The van der Waals surface area contributed by atoms with Gasteiger partial charge >= 0.3 is 0 Å². The molecule has 0 unspecified atom stereocenters. The van der Waals surface area contributed by atoms with Crippen LogP contribution in [-0.2, 0) is 9.59 Å².